The van der Waals surface area contributed by atoms with Crippen molar-refractivity contribution in [3.8, 4) is 5.75 Å². The molecule has 0 radical (unpaired) electrons. The Morgan fingerprint density at radius 2 is 1.59 bits per heavy atom. The van der Waals surface area contributed by atoms with Gasteiger partial charge < -0.3 is 4.74 Å². The summed E-state index contributed by atoms with van der Waals surface area (Å²) in [5.74, 6) is 0.406. The zero-order valence-electron chi connectivity index (χ0n) is 14.8. The molecule has 0 heterocycles. The Morgan fingerprint density at radius 3 is 2.24 bits per heavy atom. The molecule has 1 amide bonds. The van der Waals surface area contributed by atoms with E-state index in [0.29, 0.717) is 22.4 Å². The highest BCUT2D eigenvalue weighted by molar-refractivity contribution is 9.11. The Hall–Kier alpha value is -1.48. The van der Waals surface area contributed by atoms with Crippen molar-refractivity contribution in [1.82, 2.24) is 5.43 Å². The Kier molecular flexibility index (Phi) is 8.06. The number of halogens is 4. The van der Waals surface area contributed by atoms with E-state index in [9.17, 15) is 4.79 Å². The van der Waals surface area contributed by atoms with Gasteiger partial charge in [-0.2, -0.15) is 5.10 Å². The third kappa shape index (κ3) is 6.25. The standard InChI is InChI=1S/C21H14Br4N2O2/c22-15-7-5-13(6-8-15)12-29-20-18(24)9-14(10-19(20)25)11-26-27-21(28)16-3-1-2-4-17(16)23/h1-11H,12H2,(H,27,28)/b26-11-. The molecule has 0 aromatic heterocycles. The molecule has 0 aliphatic rings. The van der Waals surface area contributed by atoms with Crippen LogP contribution in [0.5, 0.6) is 5.75 Å². The summed E-state index contributed by atoms with van der Waals surface area (Å²) in [6.45, 7) is 0.444. The maximum absolute atomic E-state index is 12.2. The van der Waals surface area contributed by atoms with Gasteiger partial charge in [-0.1, -0.05) is 40.2 Å². The van der Waals surface area contributed by atoms with E-state index in [4.69, 9.17) is 4.74 Å². The molecule has 0 atom stereocenters. The molecule has 0 aliphatic carbocycles. The minimum absolute atomic E-state index is 0.290. The van der Waals surface area contributed by atoms with E-state index in [0.717, 1.165) is 24.5 Å². The maximum Gasteiger partial charge on any atom is 0.272 e. The van der Waals surface area contributed by atoms with Gasteiger partial charge in [-0.15, -0.1) is 0 Å². The van der Waals surface area contributed by atoms with E-state index in [1.54, 1.807) is 24.4 Å². The van der Waals surface area contributed by atoms with E-state index in [1.165, 1.54) is 0 Å². The molecule has 3 rings (SSSR count). The Balaban J connectivity index is 1.65. The Bertz CT molecular complexity index is 1030. The largest absolute Gasteiger partial charge is 0.487 e. The van der Waals surface area contributed by atoms with Crippen molar-refractivity contribution < 1.29 is 9.53 Å². The van der Waals surface area contributed by atoms with Gasteiger partial charge >= 0.3 is 0 Å². The Morgan fingerprint density at radius 1 is 0.931 bits per heavy atom. The van der Waals surface area contributed by atoms with E-state index in [1.807, 2.05) is 42.5 Å². The van der Waals surface area contributed by atoms with Crippen LogP contribution in [-0.2, 0) is 6.61 Å². The normalized spacial score (nSPS) is 10.9. The summed E-state index contributed by atoms with van der Waals surface area (Å²) in [6.07, 6.45) is 1.57. The monoisotopic (exact) mass is 642 g/mol. The van der Waals surface area contributed by atoms with Crippen LogP contribution in [0, 0.1) is 0 Å². The number of hydrazone groups is 1. The molecule has 0 unspecified atom stereocenters. The van der Waals surface area contributed by atoms with Gasteiger partial charge in [0.15, 0.2) is 0 Å². The fourth-order valence-corrected chi connectivity index (χ4v) is 4.58. The number of benzene rings is 3. The zero-order chi connectivity index (χ0) is 20.8. The summed E-state index contributed by atoms with van der Waals surface area (Å²) in [4.78, 5) is 12.2. The third-order valence-electron chi connectivity index (χ3n) is 3.82. The first-order valence-corrected chi connectivity index (χ1v) is 11.6. The number of carbonyl (C=O) groups is 1. The molecule has 29 heavy (non-hydrogen) atoms. The van der Waals surface area contributed by atoms with Crippen molar-refractivity contribution in [3.05, 3.63) is 95.2 Å². The first-order valence-electron chi connectivity index (χ1n) is 8.38. The lowest BCUT2D eigenvalue weighted by Gasteiger charge is -2.11. The minimum Gasteiger partial charge on any atom is -0.487 e. The lowest BCUT2D eigenvalue weighted by Crippen LogP contribution is -2.18. The molecule has 0 saturated heterocycles. The average molecular weight is 646 g/mol. The molecule has 0 fully saturated rings. The molecule has 3 aromatic carbocycles. The van der Waals surface area contributed by atoms with Gasteiger partial charge in [-0.3, -0.25) is 4.79 Å². The number of rotatable bonds is 6. The van der Waals surface area contributed by atoms with Crippen molar-refractivity contribution in [3.63, 3.8) is 0 Å². The van der Waals surface area contributed by atoms with Crippen LogP contribution in [-0.4, -0.2) is 12.1 Å². The van der Waals surface area contributed by atoms with Crippen LogP contribution in [0.2, 0.25) is 0 Å². The van der Waals surface area contributed by atoms with Gasteiger partial charge in [-0.05, 0) is 95.3 Å². The lowest BCUT2D eigenvalue weighted by molar-refractivity contribution is 0.0954. The van der Waals surface area contributed by atoms with Gasteiger partial charge in [0.25, 0.3) is 5.91 Å². The van der Waals surface area contributed by atoms with Crippen LogP contribution in [0.1, 0.15) is 21.5 Å². The minimum atomic E-state index is -0.290. The molecule has 0 saturated carbocycles. The van der Waals surface area contributed by atoms with Gasteiger partial charge in [-0.25, -0.2) is 5.43 Å². The molecule has 0 spiro atoms. The summed E-state index contributed by atoms with van der Waals surface area (Å²) in [6, 6.07) is 18.9. The van der Waals surface area contributed by atoms with Gasteiger partial charge in [0.2, 0.25) is 0 Å². The second-order valence-electron chi connectivity index (χ2n) is 5.91. The van der Waals surface area contributed by atoms with Crippen LogP contribution in [0.15, 0.2) is 83.7 Å². The fraction of sp³-hybridized carbons (Fsp3) is 0.0476. The highest BCUT2D eigenvalue weighted by atomic mass is 79.9. The van der Waals surface area contributed by atoms with Crippen molar-refractivity contribution in [1.29, 1.82) is 0 Å². The fourth-order valence-electron chi connectivity index (χ4n) is 2.40. The molecule has 0 bridgehead atoms. The first-order chi connectivity index (χ1) is 13.9. The summed E-state index contributed by atoms with van der Waals surface area (Å²) in [5.41, 5.74) is 4.91. The van der Waals surface area contributed by atoms with Crippen LogP contribution >= 0.6 is 63.7 Å². The van der Waals surface area contributed by atoms with Gasteiger partial charge in [0, 0.05) is 8.95 Å². The highest BCUT2D eigenvalue weighted by Crippen LogP contribution is 2.35. The van der Waals surface area contributed by atoms with E-state index in [-0.39, 0.29) is 5.91 Å². The van der Waals surface area contributed by atoms with E-state index < -0.39 is 0 Å². The number of hydrogen-bond acceptors (Lipinski definition) is 3. The number of nitrogens with one attached hydrogen (secondary N) is 1. The van der Waals surface area contributed by atoms with Crippen LogP contribution in [0.25, 0.3) is 0 Å². The summed E-state index contributed by atoms with van der Waals surface area (Å²) in [7, 11) is 0. The highest BCUT2D eigenvalue weighted by Gasteiger charge is 2.10. The number of carbonyl (C=O) groups excluding carboxylic acids is 1. The second-order valence-corrected chi connectivity index (χ2v) is 9.39. The average Bonchev–Trinajstić information content (AvgIpc) is 2.69. The molecule has 0 aliphatic heterocycles. The van der Waals surface area contributed by atoms with Crippen LogP contribution < -0.4 is 10.2 Å². The van der Waals surface area contributed by atoms with Crippen molar-refractivity contribution in [2.75, 3.05) is 0 Å². The predicted molar refractivity (Wildman–Crippen MR) is 130 cm³/mol. The first kappa shape index (κ1) is 22.2. The van der Waals surface area contributed by atoms with Crippen LogP contribution in [0.3, 0.4) is 0 Å². The molecule has 148 valence electrons. The lowest BCUT2D eigenvalue weighted by atomic mass is 10.2. The zero-order valence-corrected chi connectivity index (χ0v) is 21.2. The van der Waals surface area contributed by atoms with Gasteiger partial charge in [0.1, 0.15) is 12.4 Å². The van der Waals surface area contributed by atoms with Crippen LogP contribution in [0.4, 0.5) is 0 Å². The molecule has 3 aromatic rings. The van der Waals surface area contributed by atoms with Crippen molar-refractivity contribution >= 4 is 75.8 Å². The van der Waals surface area contributed by atoms with Crippen molar-refractivity contribution in [2.45, 2.75) is 6.61 Å². The molecular formula is C21H14Br4N2O2. The smallest absolute Gasteiger partial charge is 0.272 e. The number of ether oxygens (including phenoxy) is 1. The SMILES string of the molecule is O=C(N/N=C\c1cc(Br)c(OCc2ccc(Br)cc2)c(Br)c1)c1ccccc1Br. The number of amides is 1. The topological polar surface area (TPSA) is 50.7 Å². The van der Waals surface area contributed by atoms with E-state index >= 15 is 0 Å². The maximum atomic E-state index is 12.2. The second kappa shape index (κ2) is 10.5. The van der Waals surface area contributed by atoms with Gasteiger partial charge in [0.05, 0.1) is 20.7 Å². The molecule has 1 N–H and O–H groups in total. The summed E-state index contributed by atoms with van der Waals surface area (Å²) >= 11 is 13.8. The number of hydrogen-bond donors (Lipinski definition) is 1. The summed E-state index contributed by atoms with van der Waals surface area (Å²) in [5, 5.41) is 4.04. The summed E-state index contributed by atoms with van der Waals surface area (Å²) < 4.78 is 9.23. The molecule has 8 heteroatoms. The quantitative estimate of drug-likeness (QED) is 0.230. The van der Waals surface area contributed by atoms with E-state index in [2.05, 4.69) is 74.2 Å². The number of nitrogens with zero attached hydrogens (tertiary/aromatic N) is 1. The molecule has 4 nitrogen and oxygen atoms in total. The third-order valence-corrected chi connectivity index (χ3v) is 6.21. The predicted octanol–water partition coefficient (Wildman–Crippen LogP) is 7.08. The molecular weight excluding hydrogens is 632 g/mol. The Labute approximate surface area is 202 Å². The van der Waals surface area contributed by atoms with Crippen molar-refractivity contribution in [2.24, 2.45) is 5.10 Å².